The van der Waals surface area contributed by atoms with Gasteiger partial charge in [-0.15, -0.1) is 11.8 Å². The Morgan fingerprint density at radius 3 is 3.12 bits per heavy atom. The third-order valence-corrected chi connectivity index (χ3v) is 3.82. The fourth-order valence-electron chi connectivity index (χ4n) is 1.54. The molecule has 0 bridgehead atoms. The van der Waals surface area contributed by atoms with Crippen molar-refractivity contribution >= 4 is 58.2 Å². The molecular weight excluding hydrogens is 265 g/mol. The zero-order valence-corrected chi connectivity index (χ0v) is 10.9. The quantitative estimate of drug-likeness (QED) is 0.601. The fourth-order valence-corrected chi connectivity index (χ4v) is 2.18. The van der Waals surface area contributed by atoms with E-state index in [-0.39, 0.29) is 0 Å². The number of fused-ring (bicyclic) bond motifs is 1. The van der Waals surface area contributed by atoms with E-state index in [0.29, 0.717) is 27.1 Å². The second-order valence-corrected chi connectivity index (χ2v) is 5.14. The minimum atomic E-state index is -0.938. The average molecular weight is 274 g/mol. The van der Waals surface area contributed by atoms with Crippen LogP contribution in [-0.2, 0) is 11.3 Å². The van der Waals surface area contributed by atoms with Crippen LogP contribution in [0.2, 0.25) is 5.02 Å². The number of hydrogen-bond donors (Lipinski definition) is 2. The van der Waals surface area contributed by atoms with Gasteiger partial charge in [0.15, 0.2) is 0 Å². The van der Waals surface area contributed by atoms with Crippen LogP contribution in [0.3, 0.4) is 0 Å². The first-order valence-electron chi connectivity index (χ1n) is 4.59. The number of rotatable bonds is 1. The van der Waals surface area contributed by atoms with E-state index in [1.54, 1.807) is 0 Å². The molecule has 3 nitrogen and oxygen atoms in total. The highest BCUT2D eigenvalue weighted by Crippen LogP contribution is 2.25. The zero-order chi connectivity index (χ0) is 11.7. The van der Waals surface area contributed by atoms with Crippen LogP contribution < -0.4 is 10.8 Å². The number of halogens is 1. The fraction of sp³-hybridized carbons (Fsp3) is 0.222. The monoisotopic (exact) mass is 273 g/mol. The van der Waals surface area contributed by atoms with Gasteiger partial charge in [0.25, 0.3) is 0 Å². The minimum absolute atomic E-state index is 0.392. The molecular formula is C9H9BClNO2S2. The van der Waals surface area contributed by atoms with Crippen LogP contribution in [0, 0.1) is 0 Å². The lowest BCUT2D eigenvalue weighted by atomic mass is 9.79. The van der Waals surface area contributed by atoms with Crippen LogP contribution in [0.15, 0.2) is 12.1 Å². The van der Waals surface area contributed by atoms with E-state index in [0.717, 1.165) is 5.56 Å². The molecule has 0 saturated carbocycles. The first kappa shape index (κ1) is 12.2. The van der Waals surface area contributed by atoms with E-state index in [4.69, 9.17) is 28.5 Å². The Morgan fingerprint density at radius 2 is 2.44 bits per heavy atom. The van der Waals surface area contributed by atoms with Gasteiger partial charge in [-0.2, -0.15) is 0 Å². The second-order valence-electron chi connectivity index (χ2n) is 3.28. The Hall–Kier alpha value is -0.265. The SMILES string of the molecule is CSC(=S)Nc1ccc2c(c1Cl)B(O)OC2. The summed E-state index contributed by atoms with van der Waals surface area (Å²) >= 11 is 12.7. The molecule has 2 rings (SSSR count). The molecule has 1 aliphatic heterocycles. The van der Waals surface area contributed by atoms with Crippen molar-refractivity contribution in [2.75, 3.05) is 11.6 Å². The molecule has 1 heterocycles. The van der Waals surface area contributed by atoms with Crippen LogP contribution in [-0.4, -0.2) is 22.7 Å². The second kappa shape index (κ2) is 4.93. The van der Waals surface area contributed by atoms with Gasteiger partial charge in [0.2, 0.25) is 0 Å². The standard InChI is InChI=1S/C9H9BClNO2S2/c1-16-9(15)12-6-3-2-5-4-14-10(13)7(5)8(6)11/h2-3,13H,4H2,1H3,(H,12,15). The molecule has 16 heavy (non-hydrogen) atoms. The summed E-state index contributed by atoms with van der Waals surface area (Å²) in [5.41, 5.74) is 2.25. The zero-order valence-electron chi connectivity index (χ0n) is 8.49. The molecule has 0 radical (unpaired) electrons. The summed E-state index contributed by atoms with van der Waals surface area (Å²) in [7, 11) is -0.938. The number of thiocarbonyl (C=S) groups is 1. The third-order valence-electron chi connectivity index (χ3n) is 2.34. The summed E-state index contributed by atoms with van der Waals surface area (Å²) in [4.78, 5) is 0. The van der Waals surface area contributed by atoms with Gasteiger partial charge in [-0.3, -0.25) is 0 Å². The molecule has 84 valence electrons. The maximum atomic E-state index is 9.61. The van der Waals surface area contributed by atoms with Crippen LogP contribution in [0.1, 0.15) is 5.56 Å². The number of thioether (sulfide) groups is 1. The van der Waals surface area contributed by atoms with E-state index in [1.165, 1.54) is 11.8 Å². The lowest BCUT2D eigenvalue weighted by Crippen LogP contribution is -2.29. The van der Waals surface area contributed by atoms with Crippen molar-refractivity contribution in [3.8, 4) is 0 Å². The Morgan fingerprint density at radius 1 is 1.69 bits per heavy atom. The van der Waals surface area contributed by atoms with Crippen molar-refractivity contribution in [2.45, 2.75) is 6.61 Å². The number of nitrogens with one attached hydrogen (secondary N) is 1. The van der Waals surface area contributed by atoms with E-state index in [2.05, 4.69) is 5.32 Å². The average Bonchev–Trinajstić information content (AvgIpc) is 2.65. The topological polar surface area (TPSA) is 41.5 Å². The van der Waals surface area contributed by atoms with E-state index in [1.807, 2.05) is 18.4 Å². The van der Waals surface area contributed by atoms with Crippen LogP contribution in [0.5, 0.6) is 0 Å². The summed E-state index contributed by atoms with van der Waals surface area (Å²) in [6, 6.07) is 3.72. The Bertz CT molecular complexity index is 444. The minimum Gasteiger partial charge on any atom is -0.423 e. The Kier molecular flexibility index (Phi) is 3.76. The lowest BCUT2D eigenvalue weighted by Gasteiger charge is -2.10. The molecule has 2 N–H and O–H groups in total. The number of benzene rings is 1. The van der Waals surface area contributed by atoms with Crippen molar-refractivity contribution in [1.29, 1.82) is 0 Å². The molecule has 0 aliphatic carbocycles. The highest BCUT2D eigenvalue weighted by atomic mass is 35.5. The molecule has 1 aromatic rings. The number of hydrogen-bond acceptors (Lipinski definition) is 4. The van der Waals surface area contributed by atoms with E-state index >= 15 is 0 Å². The van der Waals surface area contributed by atoms with Crippen molar-refractivity contribution in [3.05, 3.63) is 22.7 Å². The van der Waals surface area contributed by atoms with Gasteiger partial charge in [-0.1, -0.05) is 29.9 Å². The van der Waals surface area contributed by atoms with Gasteiger partial charge in [0, 0.05) is 5.46 Å². The first-order chi connectivity index (χ1) is 7.63. The molecule has 0 amide bonds. The lowest BCUT2D eigenvalue weighted by molar-refractivity contribution is 0.275. The smallest absolute Gasteiger partial charge is 0.423 e. The highest BCUT2D eigenvalue weighted by Gasteiger charge is 2.31. The molecule has 0 fully saturated rings. The summed E-state index contributed by atoms with van der Waals surface area (Å²) < 4.78 is 5.73. The van der Waals surface area contributed by atoms with Crippen molar-refractivity contribution in [2.24, 2.45) is 0 Å². The normalized spacial score (nSPS) is 13.8. The van der Waals surface area contributed by atoms with Crippen LogP contribution in [0.4, 0.5) is 5.69 Å². The first-order valence-corrected chi connectivity index (χ1v) is 6.60. The molecule has 0 atom stereocenters. The molecule has 0 saturated heterocycles. The summed E-state index contributed by atoms with van der Waals surface area (Å²) in [6.45, 7) is 0.392. The summed E-state index contributed by atoms with van der Waals surface area (Å²) in [5.74, 6) is 0. The van der Waals surface area contributed by atoms with Gasteiger partial charge in [-0.05, 0) is 17.9 Å². The third kappa shape index (κ3) is 2.21. The van der Waals surface area contributed by atoms with Crippen molar-refractivity contribution in [3.63, 3.8) is 0 Å². The summed E-state index contributed by atoms with van der Waals surface area (Å²) in [5, 5.41) is 13.1. The van der Waals surface area contributed by atoms with Crippen molar-refractivity contribution in [1.82, 2.24) is 0 Å². The Balaban J connectivity index is 2.35. The van der Waals surface area contributed by atoms with Gasteiger partial charge >= 0.3 is 7.12 Å². The maximum Gasteiger partial charge on any atom is 0.493 e. The number of anilines is 1. The predicted octanol–water partition coefficient (Wildman–Crippen LogP) is 1.62. The molecule has 0 spiro atoms. The van der Waals surface area contributed by atoms with Gasteiger partial charge in [-0.25, -0.2) is 0 Å². The van der Waals surface area contributed by atoms with E-state index in [9.17, 15) is 5.02 Å². The Labute approximate surface area is 109 Å². The van der Waals surface area contributed by atoms with Gasteiger partial charge in [0.05, 0.1) is 17.3 Å². The van der Waals surface area contributed by atoms with Crippen LogP contribution >= 0.6 is 35.6 Å². The molecule has 0 aromatic heterocycles. The largest absolute Gasteiger partial charge is 0.493 e. The van der Waals surface area contributed by atoms with E-state index < -0.39 is 7.12 Å². The van der Waals surface area contributed by atoms with Crippen molar-refractivity contribution < 1.29 is 9.68 Å². The molecule has 1 aromatic carbocycles. The van der Waals surface area contributed by atoms with Gasteiger partial charge in [0.1, 0.15) is 4.32 Å². The maximum absolute atomic E-state index is 9.61. The van der Waals surface area contributed by atoms with Gasteiger partial charge < -0.3 is 15.0 Å². The van der Waals surface area contributed by atoms with Crippen LogP contribution in [0.25, 0.3) is 0 Å². The summed E-state index contributed by atoms with van der Waals surface area (Å²) in [6.07, 6.45) is 1.88. The molecule has 0 unspecified atom stereocenters. The highest BCUT2D eigenvalue weighted by molar-refractivity contribution is 8.22. The predicted molar refractivity (Wildman–Crippen MR) is 73.6 cm³/mol. The molecule has 7 heteroatoms. The molecule has 1 aliphatic rings.